The van der Waals surface area contributed by atoms with Crippen molar-refractivity contribution in [2.24, 2.45) is 0 Å². The van der Waals surface area contributed by atoms with Crippen LogP contribution < -0.4 is 10.1 Å². The van der Waals surface area contributed by atoms with Gasteiger partial charge in [-0.2, -0.15) is 0 Å². The number of hydrogen-bond donors (Lipinski definition) is 1. The van der Waals surface area contributed by atoms with Crippen molar-refractivity contribution in [3.63, 3.8) is 0 Å². The quantitative estimate of drug-likeness (QED) is 0.818. The van der Waals surface area contributed by atoms with E-state index in [1.54, 1.807) is 13.0 Å². The summed E-state index contributed by atoms with van der Waals surface area (Å²) in [4.78, 5) is 24.3. The van der Waals surface area contributed by atoms with E-state index in [9.17, 15) is 22.8 Å². The predicted octanol–water partition coefficient (Wildman–Crippen LogP) is 2.17. The van der Waals surface area contributed by atoms with Gasteiger partial charge in [-0.3, -0.25) is 9.69 Å². The van der Waals surface area contributed by atoms with Gasteiger partial charge >= 0.3 is 6.03 Å². The Morgan fingerprint density at radius 1 is 1.32 bits per heavy atom. The first kappa shape index (κ1) is 16.1. The summed E-state index contributed by atoms with van der Waals surface area (Å²) >= 11 is 0. The van der Waals surface area contributed by atoms with Crippen LogP contribution in [-0.2, 0) is 4.79 Å². The zero-order valence-electron chi connectivity index (χ0n) is 11.8. The molecule has 1 saturated heterocycles. The second-order valence-electron chi connectivity index (χ2n) is 4.94. The fourth-order valence-corrected chi connectivity index (χ4v) is 2.14. The Morgan fingerprint density at radius 3 is 2.64 bits per heavy atom. The van der Waals surface area contributed by atoms with E-state index >= 15 is 0 Å². The molecule has 0 unspecified atom stereocenters. The van der Waals surface area contributed by atoms with Crippen LogP contribution >= 0.6 is 0 Å². The Morgan fingerprint density at radius 2 is 2.00 bits per heavy atom. The number of imide groups is 1. The molecule has 1 aromatic carbocycles. The Labute approximate surface area is 125 Å². The maximum atomic E-state index is 13.5. The summed E-state index contributed by atoms with van der Waals surface area (Å²) in [5.74, 6) is -1.30. The lowest BCUT2D eigenvalue weighted by Gasteiger charge is -2.20. The summed E-state index contributed by atoms with van der Waals surface area (Å²) in [5, 5.41) is 2.19. The summed E-state index contributed by atoms with van der Waals surface area (Å²) < 4.78 is 43.4. The average Bonchev–Trinajstić information content (AvgIpc) is 2.68. The number of alkyl halides is 2. The molecule has 0 saturated carbocycles. The highest BCUT2D eigenvalue weighted by molar-refractivity contribution is 6.04. The number of hydrogen-bond acceptors (Lipinski definition) is 3. The largest absolute Gasteiger partial charge is 0.486 e. The van der Waals surface area contributed by atoms with Crippen LogP contribution in [0, 0.1) is 5.82 Å². The number of halogens is 3. The highest BCUT2D eigenvalue weighted by Crippen LogP contribution is 2.19. The van der Waals surface area contributed by atoms with E-state index < -0.39 is 42.7 Å². The molecule has 1 aliphatic heterocycles. The van der Waals surface area contributed by atoms with Crippen molar-refractivity contribution in [3.8, 4) is 5.75 Å². The molecule has 3 amide bonds. The molecule has 1 N–H and O–H groups in total. The summed E-state index contributed by atoms with van der Waals surface area (Å²) in [7, 11) is 0. The number of carbonyl (C=O) groups is 2. The van der Waals surface area contributed by atoms with Gasteiger partial charge in [0.05, 0.1) is 6.54 Å². The first-order chi connectivity index (χ1) is 10.4. The number of rotatable bonds is 6. The van der Waals surface area contributed by atoms with Gasteiger partial charge in [0, 0.05) is 6.42 Å². The Bertz CT molecular complexity index is 568. The third kappa shape index (κ3) is 3.69. The molecule has 0 bridgehead atoms. The van der Waals surface area contributed by atoms with Crippen molar-refractivity contribution in [3.05, 3.63) is 30.1 Å². The van der Waals surface area contributed by atoms with E-state index in [1.165, 1.54) is 18.2 Å². The average molecular weight is 316 g/mol. The molecule has 1 fully saturated rings. The maximum Gasteiger partial charge on any atom is 0.324 e. The van der Waals surface area contributed by atoms with Crippen molar-refractivity contribution in [1.29, 1.82) is 0 Å². The molecule has 22 heavy (non-hydrogen) atoms. The van der Waals surface area contributed by atoms with E-state index in [0.717, 1.165) is 4.90 Å². The number of carbonyl (C=O) groups excluding carboxylic acids is 2. The molecule has 1 aliphatic rings. The van der Waals surface area contributed by atoms with E-state index in [1.807, 2.05) is 0 Å². The number of para-hydroxylation sites is 1. The molecule has 1 aromatic rings. The molecule has 120 valence electrons. The van der Waals surface area contributed by atoms with E-state index in [0.29, 0.717) is 0 Å². The fourth-order valence-electron chi connectivity index (χ4n) is 2.14. The third-order valence-electron chi connectivity index (χ3n) is 3.13. The zero-order chi connectivity index (χ0) is 16.3. The maximum absolute atomic E-state index is 13.5. The second-order valence-corrected chi connectivity index (χ2v) is 4.94. The van der Waals surface area contributed by atoms with Crippen LogP contribution in [0.2, 0.25) is 0 Å². The third-order valence-corrected chi connectivity index (χ3v) is 3.13. The fraction of sp³-hybridized carbons (Fsp3) is 0.429. The standard InChI is InChI=1S/C14H15F3N2O3/c1-8(22-11-5-3-2-4-9(11)15)7-19-13(20)10(6-12(16)17)18-14(19)21/h2-5,8,10,12H,6-7H2,1H3,(H,18,21)/t8-,10-/m1/s1. The number of urea groups is 1. The minimum absolute atomic E-state index is 0.00816. The molecule has 0 aromatic heterocycles. The molecule has 0 spiro atoms. The summed E-state index contributed by atoms with van der Waals surface area (Å²) in [6.07, 6.45) is -4.11. The zero-order valence-corrected chi connectivity index (χ0v) is 11.8. The van der Waals surface area contributed by atoms with Gasteiger partial charge in [0.1, 0.15) is 12.1 Å². The van der Waals surface area contributed by atoms with Crippen LogP contribution in [0.5, 0.6) is 5.75 Å². The first-order valence-corrected chi connectivity index (χ1v) is 6.69. The van der Waals surface area contributed by atoms with Crippen molar-refractivity contribution < 1.29 is 27.5 Å². The van der Waals surface area contributed by atoms with E-state index in [4.69, 9.17) is 4.74 Å². The van der Waals surface area contributed by atoms with Crippen molar-refractivity contribution >= 4 is 11.9 Å². The molecular formula is C14H15F3N2O3. The first-order valence-electron chi connectivity index (χ1n) is 6.69. The highest BCUT2D eigenvalue weighted by Gasteiger charge is 2.40. The number of nitrogens with one attached hydrogen (secondary N) is 1. The molecular weight excluding hydrogens is 301 g/mol. The molecule has 2 atom stereocenters. The predicted molar refractivity (Wildman–Crippen MR) is 71.1 cm³/mol. The molecule has 5 nitrogen and oxygen atoms in total. The van der Waals surface area contributed by atoms with Gasteiger partial charge < -0.3 is 10.1 Å². The Balaban J connectivity index is 1.96. The molecule has 0 aliphatic carbocycles. The number of ether oxygens (including phenoxy) is 1. The van der Waals surface area contributed by atoms with Gasteiger partial charge in [-0.1, -0.05) is 12.1 Å². The van der Waals surface area contributed by atoms with Gasteiger partial charge in [-0.15, -0.1) is 0 Å². The monoisotopic (exact) mass is 316 g/mol. The lowest BCUT2D eigenvalue weighted by atomic mass is 10.2. The SMILES string of the molecule is C[C@H](CN1C(=O)N[C@H](CC(F)F)C1=O)Oc1ccccc1F. The summed E-state index contributed by atoms with van der Waals surface area (Å²) in [5.41, 5.74) is 0. The highest BCUT2D eigenvalue weighted by atomic mass is 19.3. The smallest absolute Gasteiger partial charge is 0.324 e. The molecule has 8 heteroatoms. The minimum atomic E-state index is -2.69. The van der Waals surface area contributed by atoms with Gasteiger partial charge in [-0.25, -0.2) is 18.0 Å². The van der Waals surface area contributed by atoms with E-state index in [2.05, 4.69) is 5.32 Å². The molecule has 2 rings (SSSR count). The van der Waals surface area contributed by atoms with Crippen LogP contribution in [0.25, 0.3) is 0 Å². The van der Waals surface area contributed by atoms with Gasteiger partial charge in [0.2, 0.25) is 6.43 Å². The van der Waals surface area contributed by atoms with Gasteiger partial charge in [-0.05, 0) is 19.1 Å². The Hall–Kier alpha value is -2.25. The van der Waals surface area contributed by atoms with Crippen molar-refractivity contribution in [1.82, 2.24) is 10.2 Å². The molecule has 1 heterocycles. The lowest BCUT2D eigenvalue weighted by molar-refractivity contribution is -0.129. The number of benzene rings is 1. The van der Waals surface area contributed by atoms with Gasteiger partial charge in [0.25, 0.3) is 5.91 Å². The summed E-state index contributed by atoms with van der Waals surface area (Å²) in [6.45, 7) is 1.40. The van der Waals surface area contributed by atoms with Crippen LogP contribution in [0.3, 0.4) is 0 Å². The van der Waals surface area contributed by atoms with Crippen LogP contribution in [-0.4, -0.2) is 42.0 Å². The van der Waals surface area contributed by atoms with Crippen LogP contribution in [0.1, 0.15) is 13.3 Å². The second kappa shape index (κ2) is 6.67. The van der Waals surface area contributed by atoms with Crippen LogP contribution in [0.15, 0.2) is 24.3 Å². The molecule has 0 radical (unpaired) electrons. The summed E-state index contributed by atoms with van der Waals surface area (Å²) in [6, 6.07) is 3.73. The van der Waals surface area contributed by atoms with Crippen molar-refractivity contribution in [2.75, 3.05) is 6.54 Å². The number of nitrogens with zero attached hydrogens (tertiary/aromatic N) is 1. The normalized spacial score (nSPS) is 19.5. The van der Waals surface area contributed by atoms with Crippen LogP contribution in [0.4, 0.5) is 18.0 Å². The van der Waals surface area contributed by atoms with Crippen molar-refractivity contribution in [2.45, 2.75) is 31.9 Å². The van der Waals surface area contributed by atoms with Gasteiger partial charge in [0.15, 0.2) is 11.6 Å². The lowest BCUT2D eigenvalue weighted by Crippen LogP contribution is -2.39. The minimum Gasteiger partial charge on any atom is -0.486 e. The Kier molecular flexibility index (Phi) is 4.89. The number of amides is 3. The topological polar surface area (TPSA) is 58.6 Å². The van der Waals surface area contributed by atoms with E-state index in [-0.39, 0.29) is 12.3 Å².